The Morgan fingerprint density at radius 3 is 2.37 bits per heavy atom. The molecular weight excluding hydrogens is 794 g/mol. The molecule has 308 valence electrons. The normalized spacial score (nSPS) is 24.7. The highest BCUT2D eigenvalue weighted by atomic mass is 35.5. The smallest absolute Gasteiger partial charge is 0.282 e. The molecule has 1 aliphatic carbocycles. The van der Waals surface area contributed by atoms with Crippen LogP contribution in [0.25, 0.3) is 4.85 Å². The van der Waals surface area contributed by atoms with Gasteiger partial charge >= 0.3 is 0 Å². The maximum Gasteiger partial charge on any atom is 0.282 e. The van der Waals surface area contributed by atoms with Gasteiger partial charge in [0.05, 0.1) is 28.8 Å². The van der Waals surface area contributed by atoms with Gasteiger partial charge in [0.15, 0.2) is 0 Å². The predicted molar refractivity (Wildman–Crippen MR) is 220 cm³/mol. The van der Waals surface area contributed by atoms with Crippen molar-refractivity contribution in [2.75, 3.05) is 55.6 Å². The highest BCUT2D eigenvalue weighted by molar-refractivity contribution is 7.17. The van der Waals surface area contributed by atoms with Crippen molar-refractivity contribution < 1.29 is 28.7 Å². The lowest BCUT2D eigenvalue weighted by Gasteiger charge is -2.55. The van der Waals surface area contributed by atoms with Crippen LogP contribution in [-0.2, 0) is 9.59 Å². The fraction of sp³-hybridized carbons (Fsp3) is 0.524. The molecule has 3 aromatic rings. The molecule has 6 heterocycles. The number of anilines is 2. The Bertz CT molecular complexity index is 2210. The van der Waals surface area contributed by atoms with Gasteiger partial charge in [-0.25, -0.2) is 4.85 Å². The summed E-state index contributed by atoms with van der Waals surface area (Å²) in [5.41, 5.74) is 2.19. The van der Waals surface area contributed by atoms with Crippen LogP contribution in [0, 0.1) is 17.9 Å². The van der Waals surface area contributed by atoms with Crippen LogP contribution < -0.4 is 25.2 Å². The van der Waals surface area contributed by atoms with Crippen LogP contribution in [0.1, 0.15) is 94.7 Å². The first-order valence-electron chi connectivity index (χ1n) is 20.6. The standard InChI is InChI=1S/C42H46ClN9O6S/c1-44-33-9-7-29(21-32(33)43)58-28-5-2-26(3-6-28)45-37(55)38-47-48-41(59-38)50-16-12-25(13-17-50)22-49-18-14-42(15-19-49)23-51(24-42)27-4-8-30-31(20-27)40(57)52(39(30)56)34-10-11-35(53)46-36(34)54/h4,7-9,20-21,25-26,28,34H,2-3,5-6,10-19,22-24H2,(H,45,55)(H,46,53,54). The average Bonchev–Trinajstić information content (AvgIpc) is 3.81. The predicted octanol–water partition coefficient (Wildman–Crippen LogP) is 5.08. The van der Waals surface area contributed by atoms with Crippen molar-refractivity contribution in [3.63, 3.8) is 0 Å². The second-order valence-electron chi connectivity index (χ2n) is 16.9. The van der Waals surface area contributed by atoms with Gasteiger partial charge in [0.1, 0.15) is 11.8 Å². The van der Waals surface area contributed by atoms with E-state index in [-0.39, 0.29) is 42.2 Å². The number of carbonyl (C=O) groups is 5. The van der Waals surface area contributed by atoms with Gasteiger partial charge in [0.25, 0.3) is 17.7 Å². The highest BCUT2D eigenvalue weighted by Gasteiger charge is 2.47. The topological polar surface area (TPSA) is 162 Å². The Kier molecular flexibility index (Phi) is 10.8. The number of hydrogen-bond acceptors (Lipinski definition) is 12. The minimum atomic E-state index is -0.966. The first-order chi connectivity index (χ1) is 28.5. The molecule has 1 unspecified atom stereocenters. The lowest BCUT2D eigenvalue weighted by atomic mass is 9.71. The van der Waals surface area contributed by atoms with E-state index in [1.165, 1.54) is 11.3 Å². The fourth-order valence-electron chi connectivity index (χ4n) is 9.65. The van der Waals surface area contributed by atoms with Gasteiger partial charge < -0.3 is 24.8 Å². The van der Waals surface area contributed by atoms with Gasteiger partial charge in [0.2, 0.25) is 27.6 Å². The summed E-state index contributed by atoms with van der Waals surface area (Å²) in [6, 6.07) is 9.60. The van der Waals surface area contributed by atoms with Gasteiger partial charge in [-0.05, 0) is 107 Å². The minimum Gasteiger partial charge on any atom is -0.490 e. The van der Waals surface area contributed by atoms with E-state index in [9.17, 15) is 24.0 Å². The zero-order valence-electron chi connectivity index (χ0n) is 32.7. The zero-order chi connectivity index (χ0) is 40.8. The molecule has 2 aromatic carbocycles. The molecule has 5 aliphatic heterocycles. The Morgan fingerprint density at radius 2 is 1.66 bits per heavy atom. The number of aromatic nitrogens is 2. The number of imide groups is 2. The number of nitrogens with zero attached hydrogens (tertiary/aromatic N) is 7. The first kappa shape index (κ1) is 39.4. The zero-order valence-corrected chi connectivity index (χ0v) is 34.2. The first-order valence-corrected chi connectivity index (χ1v) is 21.8. The third-order valence-electron chi connectivity index (χ3n) is 13.1. The lowest BCUT2D eigenvalue weighted by Crippen LogP contribution is -2.60. The maximum atomic E-state index is 13.3. The van der Waals surface area contributed by atoms with Gasteiger partial charge in [0, 0.05) is 56.3 Å². The molecular formula is C42H46ClN9O6S. The van der Waals surface area contributed by atoms with Crippen LogP contribution in [0.2, 0.25) is 5.02 Å². The van der Waals surface area contributed by atoms with Gasteiger partial charge in [-0.1, -0.05) is 29.0 Å². The summed E-state index contributed by atoms with van der Waals surface area (Å²) in [4.78, 5) is 75.2. The molecule has 6 aliphatic rings. The number of likely N-dealkylation sites (tertiary alicyclic amines) is 1. The van der Waals surface area contributed by atoms with E-state index in [1.54, 1.807) is 30.3 Å². The molecule has 2 N–H and O–H groups in total. The van der Waals surface area contributed by atoms with Crippen LogP contribution in [0.15, 0.2) is 36.4 Å². The van der Waals surface area contributed by atoms with E-state index in [1.807, 2.05) is 6.07 Å². The van der Waals surface area contributed by atoms with Crippen molar-refractivity contribution in [1.82, 2.24) is 30.6 Å². The van der Waals surface area contributed by atoms with E-state index in [2.05, 4.69) is 40.4 Å². The van der Waals surface area contributed by atoms with E-state index in [0.29, 0.717) is 38.5 Å². The van der Waals surface area contributed by atoms with Gasteiger partial charge in [-0.3, -0.25) is 34.2 Å². The monoisotopic (exact) mass is 839 g/mol. The van der Waals surface area contributed by atoms with Crippen LogP contribution in [-0.4, -0.2) is 114 Å². The number of halogens is 1. The van der Waals surface area contributed by atoms with Crippen LogP contribution >= 0.6 is 22.9 Å². The molecule has 4 saturated heterocycles. The third kappa shape index (κ3) is 8.00. The Balaban J connectivity index is 0.687. The summed E-state index contributed by atoms with van der Waals surface area (Å²) in [6.45, 7) is 14.0. The van der Waals surface area contributed by atoms with E-state index in [4.69, 9.17) is 22.9 Å². The quantitative estimate of drug-likeness (QED) is 0.219. The van der Waals surface area contributed by atoms with Crippen molar-refractivity contribution in [3.8, 4) is 5.75 Å². The number of nitrogens with one attached hydrogen (secondary N) is 2. The summed E-state index contributed by atoms with van der Waals surface area (Å²) in [5.74, 6) is -0.859. The molecule has 1 aromatic heterocycles. The Morgan fingerprint density at radius 1 is 0.915 bits per heavy atom. The molecule has 1 saturated carbocycles. The van der Waals surface area contributed by atoms with Crippen LogP contribution in [0.4, 0.5) is 16.5 Å². The summed E-state index contributed by atoms with van der Waals surface area (Å²) in [7, 11) is 0. The second kappa shape index (κ2) is 16.2. The highest BCUT2D eigenvalue weighted by Crippen LogP contribution is 2.44. The maximum absolute atomic E-state index is 13.3. The van der Waals surface area contributed by atoms with Crippen molar-refractivity contribution in [2.24, 2.45) is 11.3 Å². The second-order valence-corrected chi connectivity index (χ2v) is 18.3. The summed E-state index contributed by atoms with van der Waals surface area (Å²) in [6.07, 6.45) is 7.87. The van der Waals surface area contributed by atoms with E-state index in [0.717, 1.165) is 113 Å². The van der Waals surface area contributed by atoms with Crippen molar-refractivity contribution in [1.29, 1.82) is 0 Å². The van der Waals surface area contributed by atoms with Gasteiger partial charge in [-0.15, -0.1) is 10.2 Å². The van der Waals surface area contributed by atoms with E-state index < -0.39 is 23.8 Å². The lowest BCUT2D eigenvalue weighted by molar-refractivity contribution is -0.136. The molecule has 59 heavy (non-hydrogen) atoms. The van der Waals surface area contributed by atoms with Gasteiger partial charge in [-0.2, -0.15) is 0 Å². The summed E-state index contributed by atoms with van der Waals surface area (Å²) >= 11 is 7.52. The third-order valence-corrected chi connectivity index (χ3v) is 14.4. The number of fused-ring (bicyclic) bond motifs is 1. The Hall–Kier alpha value is -5.11. The van der Waals surface area contributed by atoms with E-state index >= 15 is 0 Å². The number of piperidine rings is 3. The molecule has 0 radical (unpaired) electrons. The molecule has 5 amide bonds. The van der Waals surface area contributed by atoms with Crippen molar-refractivity contribution >= 4 is 69.0 Å². The number of benzene rings is 2. The van der Waals surface area contributed by atoms with Crippen molar-refractivity contribution in [3.05, 3.63) is 69.0 Å². The number of ether oxygens (including phenoxy) is 1. The Labute approximate surface area is 351 Å². The number of carbonyl (C=O) groups excluding carboxylic acids is 5. The molecule has 1 spiro atoms. The molecule has 0 bridgehead atoms. The molecule has 5 fully saturated rings. The summed E-state index contributed by atoms with van der Waals surface area (Å²) < 4.78 is 6.10. The molecule has 15 nitrogen and oxygen atoms in total. The number of rotatable bonds is 9. The largest absolute Gasteiger partial charge is 0.490 e. The minimum absolute atomic E-state index is 0.0340. The number of amides is 5. The van der Waals surface area contributed by atoms with Crippen molar-refractivity contribution in [2.45, 2.75) is 82.4 Å². The number of hydrogen-bond donors (Lipinski definition) is 2. The van der Waals surface area contributed by atoms with Crippen LogP contribution in [0.5, 0.6) is 5.75 Å². The average molecular weight is 840 g/mol. The SMILES string of the molecule is [C-]#[N+]c1ccc(OC2CCC(NC(=O)c3nnc(N4CCC(CN5CCC6(CC5)CN(c5ccc7c(c5)C(=O)N(C5CCC(=O)NC5=O)C7=O)C6)CC4)s3)CC2)cc1Cl. The molecule has 1 atom stereocenters. The molecule has 17 heteroatoms. The molecule has 9 rings (SSSR count). The van der Waals surface area contributed by atoms with Crippen LogP contribution in [0.3, 0.4) is 0 Å². The summed E-state index contributed by atoms with van der Waals surface area (Å²) in [5, 5.41) is 15.6. The fourth-order valence-corrected chi connectivity index (χ4v) is 10.7.